The van der Waals surface area contributed by atoms with Crippen molar-refractivity contribution in [3.05, 3.63) is 35.6 Å². The van der Waals surface area contributed by atoms with Crippen molar-refractivity contribution in [1.82, 2.24) is 10.2 Å². The Morgan fingerprint density at radius 3 is 2.39 bits per heavy atom. The van der Waals surface area contributed by atoms with Crippen LogP contribution in [-0.4, -0.2) is 42.1 Å². The highest BCUT2D eigenvalue weighted by Crippen LogP contribution is 2.18. The summed E-state index contributed by atoms with van der Waals surface area (Å²) in [6, 6.07) is 5.78. The van der Waals surface area contributed by atoms with E-state index in [9.17, 15) is 14.3 Å². The molecule has 1 fully saturated rings. The van der Waals surface area contributed by atoms with Crippen LogP contribution in [0.5, 0.6) is 0 Å². The van der Waals surface area contributed by atoms with Gasteiger partial charge in [0.15, 0.2) is 0 Å². The quantitative estimate of drug-likeness (QED) is 0.798. The molecule has 2 N–H and O–H groups in total. The number of aliphatic hydroxyl groups is 1. The maximum atomic E-state index is 12.9. The highest BCUT2D eigenvalue weighted by atomic mass is 35.5. The second-order valence-corrected chi connectivity index (χ2v) is 6.49. The van der Waals surface area contributed by atoms with Crippen LogP contribution >= 0.6 is 12.4 Å². The first-order valence-corrected chi connectivity index (χ1v) is 7.87. The number of amides is 1. The van der Waals surface area contributed by atoms with Crippen molar-refractivity contribution < 1.29 is 14.3 Å². The molecule has 1 amide bonds. The number of nitrogens with one attached hydrogen (secondary N) is 1. The minimum Gasteiger partial charge on any atom is -0.387 e. The second-order valence-electron chi connectivity index (χ2n) is 6.49. The molecule has 0 bridgehead atoms. The predicted octanol–water partition coefficient (Wildman–Crippen LogP) is 2.38. The Morgan fingerprint density at radius 2 is 1.91 bits per heavy atom. The molecule has 0 radical (unpaired) electrons. The standard InChI is InChI=1S/C17H25FN2O2.ClH/c1-12(2)10-20(17(22)7-13-8-19-9-13)11-16(21)14-3-5-15(18)6-4-14;/h3-6,12-13,16,19,21H,7-11H2,1-2H3;1H. The van der Waals surface area contributed by atoms with Crippen LogP contribution in [0.2, 0.25) is 0 Å². The van der Waals surface area contributed by atoms with E-state index in [-0.39, 0.29) is 30.7 Å². The minimum atomic E-state index is -0.789. The molecule has 2 rings (SSSR count). The molecule has 1 atom stereocenters. The Hall–Kier alpha value is -1.17. The lowest BCUT2D eigenvalue weighted by Gasteiger charge is -2.32. The normalized spacial score (nSPS) is 15.7. The van der Waals surface area contributed by atoms with Gasteiger partial charge in [-0.1, -0.05) is 26.0 Å². The fourth-order valence-electron chi connectivity index (χ4n) is 2.59. The van der Waals surface area contributed by atoms with Gasteiger partial charge in [0, 0.05) is 13.0 Å². The molecule has 1 aromatic rings. The van der Waals surface area contributed by atoms with E-state index < -0.39 is 6.10 Å². The van der Waals surface area contributed by atoms with Crippen LogP contribution in [-0.2, 0) is 4.79 Å². The zero-order valence-electron chi connectivity index (χ0n) is 13.7. The monoisotopic (exact) mass is 344 g/mol. The second kappa shape index (κ2) is 9.21. The van der Waals surface area contributed by atoms with Gasteiger partial charge in [-0.15, -0.1) is 12.4 Å². The van der Waals surface area contributed by atoms with Gasteiger partial charge in [-0.05, 0) is 42.6 Å². The first kappa shape index (κ1) is 19.9. The van der Waals surface area contributed by atoms with Crippen molar-refractivity contribution in [1.29, 1.82) is 0 Å². The van der Waals surface area contributed by atoms with Crippen LogP contribution < -0.4 is 5.32 Å². The van der Waals surface area contributed by atoms with E-state index >= 15 is 0 Å². The number of halogens is 2. The van der Waals surface area contributed by atoms with E-state index in [1.807, 2.05) is 0 Å². The number of nitrogens with zero attached hydrogens (tertiary/aromatic N) is 1. The van der Waals surface area contributed by atoms with E-state index in [0.29, 0.717) is 30.4 Å². The Bertz CT molecular complexity index is 492. The number of rotatable bonds is 7. The molecule has 1 saturated heterocycles. The maximum absolute atomic E-state index is 12.9. The zero-order valence-corrected chi connectivity index (χ0v) is 14.5. The van der Waals surface area contributed by atoms with E-state index in [2.05, 4.69) is 19.2 Å². The van der Waals surface area contributed by atoms with Gasteiger partial charge in [0.05, 0.1) is 12.6 Å². The lowest BCUT2D eigenvalue weighted by atomic mass is 9.98. The average molecular weight is 345 g/mol. The molecule has 4 nitrogen and oxygen atoms in total. The lowest BCUT2D eigenvalue weighted by Crippen LogP contribution is -2.46. The fourth-order valence-corrected chi connectivity index (χ4v) is 2.59. The Morgan fingerprint density at radius 1 is 1.30 bits per heavy atom. The number of aliphatic hydroxyl groups excluding tert-OH is 1. The van der Waals surface area contributed by atoms with Crippen molar-refractivity contribution in [3.63, 3.8) is 0 Å². The summed E-state index contributed by atoms with van der Waals surface area (Å²) >= 11 is 0. The predicted molar refractivity (Wildman–Crippen MR) is 91.0 cm³/mol. The summed E-state index contributed by atoms with van der Waals surface area (Å²) in [5.41, 5.74) is 0.633. The van der Waals surface area contributed by atoms with Gasteiger partial charge in [-0.2, -0.15) is 0 Å². The smallest absolute Gasteiger partial charge is 0.223 e. The van der Waals surface area contributed by atoms with Crippen molar-refractivity contribution in [2.45, 2.75) is 26.4 Å². The lowest BCUT2D eigenvalue weighted by molar-refractivity contribution is -0.134. The largest absolute Gasteiger partial charge is 0.387 e. The number of carbonyl (C=O) groups is 1. The summed E-state index contributed by atoms with van der Waals surface area (Å²) in [4.78, 5) is 14.2. The van der Waals surface area contributed by atoms with Crippen molar-refractivity contribution in [2.24, 2.45) is 11.8 Å². The molecule has 6 heteroatoms. The van der Waals surface area contributed by atoms with Gasteiger partial charge in [-0.3, -0.25) is 4.79 Å². The highest BCUT2D eigenvalue weighted by Gasteiger charge is 2.25. The molecule has 1 unspecified atom stereocenters. The Kier molecular flexibility index (Phi) is 7.95. The number of benzene rings is 1. The van der Waals surface area contributed by atoms with Crippen LogP contribution in [0.25, 0.3) is 0 Å². The summed E-state index contributed by atoms with van der Waals surface area (Å²) in [7, 11) is 0. The molecule has 1 aromatic carbocycles. The topological polar surface area (TPSA) is 52.6 Å². The SMILES string of the molecule is CC(C)CN(CC(O)c1ccc(F)cc1)C(=O)CC1CNC1.Cl. The van der Waals surface area contributed by atoms with Crippen molar-refractivity contribution >= 4 is 18.3 Å². The highest BCUT2D eigenvalue weighted by molar-refractivity contribution is 5.85. The molecular formula is C17H26ClFN2O2. The third-order valence-electron chi connectivity index (χ3n) is 3.92. The molecule has 1 aliphatic heterocycles. The molecule has 1 aliphatic rings. The number of carbonyl (C=O) groups excluding carboxylic acids is 1. The van der Waals surface area contributed by atoms with Crippen molar-refractivity contribution in [3.8, 4) is 0 Å². The molecule has 0 aromatic heterocycles. The fraction of sp³-hybridized carbons (Fsp3) is 0.588. The van der Waals surface area contributed by atoms with E-state index in [0.717, 1.165) is 13.1 Å². The first-order valence-electron chi connectivity index (χ1n) is 7.87. The molecule has 0 aliphatic carbocycles. The molecule has 130 valence electrons. The van der Waals surface area contributed by atoms with E-state index in [1.54, 1.807) is 17.0 Å². The average Bonchev–Trinajstić information content (AvgIpc) is 2.42. The number of hydrogen-bond acceptors (Lipinski definition) is 3. The van der Waals surface area contributed by atoms with Gasteiger partial charge in [0.25, 0.3) is 0 Å². The summed E-state index contributed by atoms with van der Waals surface area (Å²) in [6.45, 7) is 6.76. The summed E-state index contributed by atoms with van der Waals surface area (Å²) in [5.74, 6) is 0.499. The minimum absolute atomic E-state index is 0. The van der Waals surface area contributed by atoms with Crippen LogP contribution in [0.15, 0.2) is 24.3 Å². The Balaban J connectivity index is 0.00000264. The van der Waals surface area contributed by atoms with Crippen LogP contribution in [0.4, 0.5) is 4.39 Å². The van der Waals surface area contributed by atoms with E-state index in [4.69, 9.17) is 0 Å². The third kappa shape index (κ3) is 6.09. The van der Waals surface area contributed by atoms with Gasteiger partial charge in [-0.25, -0.2) is 4.39 Å². The first-order chi connectivity index (χ1) is 10.5. The van der Waals surface area contributed by atoms with Gasteiger partial charge < -0.3 is 15.3 Å². The van der Waals surface area contributed by atoms with Crippen LogP contribution in [0.1, 0.15) is 31.9 Å². The number of hydrogen-bond donors (Lipinski definition) is 2. The van der Waals surface area contributed by atoms with Gasteiger partial charge in [0.1, 0.15) is 5.82 Å². The molecule has 0 spiro atoms. The Labute approximate surface area is 143 Å². The molecular weight excluding hydrogens is 319 g/mol. The molecule has 23 heavy (non-hydrogen) atoms. The van der Waals surface area contributed by atoms with Crippen LogP contribution in [0.3, 0.4) is 0 Å². The third-order valence-corrected chi connectivity index (χ3v) is 3.92. The molecule has 0 saturated carbocycles. The maximum Gasteiger partial charge on any atom is 0.223 e. The van der Waals surface area contributed by atoms with E-state index in [1.165, 1.54) is 12.1 Å². The van der Waals surface area contributed by atoms with Gasteiger partial charge in [0.2, 0.25) is 5.91 Å². The van der Waals surface area contributed by atoms with Gasteiger partial charge >= 0.3 is 0 Å². The summed E-state index contributed by atoms with van der Waals surface area (Å²) < 4.78 is 12.9. The zero-order chi connectivity index (χ0) is 16.1. The molecule has 1 heterocycles. The summed E-state index contributed by atoms with van der Waals surface area (Å²) in [6.07, 6.45) is -0.265. The summed E-state index contributed by atoms with van der Waals surface area (Å²) in [5, 5.41) is 13.5. The van der Waals surface area contributed by atoms with Crippen molar-refractivity contribution in [2.75, 3.05) is 26.2 Å². The van der Waals surface area contributed by atoms with Crippen LogP contribution in [0, 0.1) is 17.7 Å².